The summed E-state index contributed by atoms with van der Waals surface area (Å²) in [5.74, 6) is -0.131. The van der Waals surface area contributed by atoms with E-state index in [-0.39, 0.29) is 12.6 Å². The molecule has 0 atom stereocenters. The normalized spacial score (nSPS) is 21.3. The van der Waals surface area contributed by atoms with Gasteiger partial charge in [0, 0.05) is 32.7 Å². The number of nitrogens with one attached hydrogen (secondary N) is 1. The first-order valence-corrected chi connectivity index (χ1v) is 6.12. The lowest BCUT2D eigenvalue weighted by Gasteiger charge is -2.34. The zero-order valence-electron chi connectivity index (χ0n) is 9.89. The molecule has 0 aromatic carbocycles. The topological polar surface area (TPSA) is 72.9 Å². The Morgan fingerprint density at radius 3 is 2.35 bits per heavy atom. The van der Waals surface area contributed by atoms with Crippen LogP contribution in [0.2, 0.25) is 0 Å². The Kier molecular flexibility index (Phi) is 3.83. The van der Waals surface area contributed by atoms with E-state index in [0.717, 1.165) is 25.6 Å². The second-order valence-electron chi connectivity index (χ2n) is 4.78. The molecule has 96 valence electrons. The summed E-state index contributed by atoms with van der Waals surface area (Å²) < 4.78 is 0. The summed E-state index contributed by atoms with van der Waals surface area (Å²) in [4.78, 5) is 26.0. The zero-order chi connectivity index (χ0) is 12.3. The Morgan fingerprint density at radius 2 is 1.82 bits per heavy atom. The maximum atomic E-state index is 11.6. The smallest absolute Gasteiger partial charge is 0.323 e. The van der Waals surface area contributed by atoms with Crippen LogP contribution >= 0.6 is 0 Å². The second-order valence-corrected chi connectivity index (χ2v) is 4.78. The van der Waals surface area contributed by atoms with E-state index in [1.54, 1.807) is 4.90 Å². The van der Waals surface area contributed by atoms with E-state index in [9.17, 15) is 9.59 Å². The predicted molar refractivity (Wildman–Crippen MR) is 61.8 cm³/mol. The third-order valence-electron chi connectivity index (χ3n) is 3.26. The summed E-state index contributed by atoms with van der Waals surface area (Å²) in [7, 11) is 0. The monoisotopic (exact) mass is 241 g/mol. The second kappa shape index (κ2) is 5.35. The molecule has 2 rings (SSSR count). The van der Waals surface area contributed by atoms with Crippen molar-refractivity contribution in [2.45, 2.75) is 12.8 Å². The molecule has 2 amide bonds. The maximum absolute atomic E-state index is 11.6. The SMILES string of the molecule is O=C(O)CNC(=O)N1CCN(CC2CC2)CC1. The van der Waals surface area contributed by atoms with Crippen LogP contribution in [-0.2, 0) is 4.79 Å². The van der Waals surface area contributed by atoms with E-state index in [4.69, 9.17) is 5.11 Å². The number of aliphatic carboxylic acids is 1. The molecule has 1 aliphatic carbocycles. The molecule has 6 nitrogen and oxygen atoms in total. The molecule has 0 radical (unpaired) electrons. The molecule has 0 unspecified atom stereocenters. The Hall–Kier alpha value is -1.30. The first kappa shape index (κ1) is 12.2. The van der Waals surface area contributed by atoms with Gasteiger partial charge in [0.1, 0.15) is 6.54 Å². The van der Waals surface area contributed by atoms with Gasteiger partial charge in [-0.1, -0.05) is 0 Å². The molecule has 0 aromatic rings. The van der Waals surface area contributed by atoms with Crippen LogP contribution in [0.15, 0.2) is 0 Å². The lowest BCUT2D eigenvalue weighted by Crippen LogP contribution is -2.52. The van der Waals surface area contributed by atoms with Gasteiger partial charge in [0.25, 0.3) is 0 Å². The van der Waals surface area contributed by atoms with Crippen molar-refractivity contribution in [3.8, 4) is 0 Å². The number of hydrogen-bond donors (Lipinski definition) is 2. The number of carbonyl (C=O) groups excluding carboxylic acids is 1. The van der Waals surface area contributed by atoms with Crippen molar-refractivity contribution in [2.75, 3.05) is 39.3 Å². The number of hydrogen-bond acceptors (Lipinski definition) is 3. The summed E-state index contributed by atoms with van der Waals surface area (Å²) >= 11 is 0. The van der Waals surface area contributed by atoms with Crippen LogP contribution in [0.4, 0.5) is 4.79 Å². The van der Waals surface area contributed by atoms with Crippen molar-refractivity contribution >= 4 is 12.0 Å². The van der Waals surface area contributed by atoms with Gasteiger partial charge in [-0.3, -0.25) is 9.69 Å². The van der Waals surface area contributed by atoms with Gasteiger partial charge in [-0.25, -0.2) is 4.79 Å². The van der Waals surface area contributed by atoms with Crippen LogP contribution in [0.3, 0.4) is 0 Å². The highest BCUT2D eigenvalue weighted by Gasteiger charge is 2.27. The third kappa shape index (κ3) is 3.89. The Bertz CT molecular complexity index is 296. The molecule has 0 aromatic heterocycles. The lowest BCUT2D eigenvalue weighted by molar-refractivity contribution is -0.135. The van der Waals surface area contributed by atoms with Crippen LogP contribution in [0, 0.1) is 5.92 Å². The predicted octanol–water partition coefficient (Wildman–Crippen LogP) is -0.192. The number of urea groups is 1. The van der Waals surface area contributed by atoms with Gasteiger partial charge in [0.05, 0.1) is 0 Å². The Balaban J connectivity index is 1.66. The fourth-order valence-corrected chi connectivity index (χ4v) is 2.06. The van der Waals surface area contributed by atoms with Gasteiger partial charge in [-0.15, -0.1) is 0 Å². The number of carboxylic acids is 1. The minimum atomic E-state index is -1.01. The lowest BCUT2D eigenvalue weighted by atomic mass is 10.3. The van der Waals surface area contributed by atoms with Crippen LogP contribution in [-0.4, -0.2) is 66.2 Å². The largest absolute Gasteiger partial charge is 0.480 e. The molecule has 0 bridgehead atoms. The number of amides is 2. The van der Waals surface area contributed by atoms with Crippen molar-refractivity contribution in [3.63, 3.8) is 0 Å². The number of rotatable bonds is 4. The first-order chi connectivity index (χ1) is 8.15. The molecule has 2 aliphatic rings. The molecule has 1 aliphatic heterocycles. The van der Waals surface area contributed by atoms with Crippen molar-refractivity contribution in [2.24, 2.45) is 5.92 Å². The van der Waals surface area contributed by atoms with E-state index >= 15 is 0 Å². The fraction of sp³-hybridized carbons (Fsp3) is 0.818. The van der Waals surface area contributed by atoms with Crippen LogP contribution in [0.1, 0.15) is 12.8 Å². The Labute approximate surface area is 101 Å². The van der Waals surface area contributed by atoms with E-state index in [0.29, 0.717) is 13.1 Å². The van der Waals surface area contributed by atoms with Crippen LogP contribution in [0.5, 0.6) is 0 Å². The van der Waals surface area contributed by atoms with Gasteiger partial charge in [-0.05, 0) is 18.8 Å². The first-order valence-electron chi connectivity index (χ1n) is 6.12. The average molecular weight is 241 g/mol. The summed E-state index contributed by atoms with van der Waals surface area (Å²) in [6.45, 7) is 4.04. The van der Waals surface area contributed by atoms with Crippen molar-refractivity contribution in [3.05, 3.63) is 0 Å². The van der Waals surface area contributed by atoms with Crippen molar-refractivity contribution < 1.29 is 14.7 Å². The van der Waals surface area contributed by atoms with Gasteiger partial charge < -0.3 is 15.3 Å². The molecule has 6 heteroatoms. The zero-order valence-corrected chi connectivity index (χ0v) is 9.89. The number of carboxylic acid groups (broad SMARTS) is 1. The van der Waals surface area contributed by atoms with E-state index in [1.165, 1.54) is 12.8 Å². The van der Waals surface area contributed by atoms with E-state index < -0.39 is 5.97 Å². The molecular weight excluding hydrogens is 222 g/mol. The molecule has 1 heterocycles. The van der Waals surface area contributed by atoms with Crippen LogP contribution < -0.4 is 5.32 Å². The highest BCUT2D eigenvalue weighted by Crippen LogP contribution is 2.29. The molecule has 1 saturated carbocycles. The maximum Gasteiger partial charge on any atom is 0.323 e. The van der Waals surface area contributed by atoms with Crippen LogP contribution in [0.25, 0.3) is 0 Å². The number of carbonyl (C=O) groups is 2. The quantitative estimate of drug-likeness (QED) is 0.715. The van der Waals surface area contributed by atoms with Crippen molar-refractivity contribution in [1.29, 1.82) is 0 Å². The van der Waals surface area contributed by atoms with Gasteiger partial charge in [-0.2, -0.15) is 0 Å². The van der Waals surface area contributed by atoms with E-state index in [2.05, 4.69) is 10.2 Å². The number of piperazine rings is 1. The summed E-state index contributed by atoms with van der Waals surface area (Å²) in [6, 6.07) is -0.265. The standard InChI is InChI=1S/C11H19N3O3/c15-10(16)7-12-11(17)14-5-3-13(4-6-14)8-9-1-2-9/h9H,1-8H2,(H,12,17)(H,15,16). The molecule has 17 heavy (non-hydrogen) atoms. The highest BCUT2D eigenvalue weighted by atomic mass is 16.4. The minimum Gasteiger partial charge on any atom is -0.480 e. The van der Waals surface area contributed by atoms with Crippen molar-refractivity contribution in [1.82, 2.24) is 15.1 Å². The third-order valence-corrected chi connectivity index (χ3v) is 3.26. The minimum absolute atomic E-state index is 0.265. The van der Waals surface area contributed by atoms with Gasteiger partial charge in [0.2, 0.25) is 0 Å². The summed E-state index contributed by atoms with van der Waals surface area (Å²) in [6.07, 6.45) is 2.69. The molecule has 1 saturated heterocycles. The average Bonchev–Trinajstić information content (AvgIpc) is 3.11. The van der Waals surface area contributed by atoms with E-state index in [1.807, 2.05) is 0 Å². The summed E-state index contributed by atoms with van der Waals surface area (Å²) in [5, 5.41) is 10.9. The molecular formula is C11H19N3O3. The summed E-state index contributed by atoms with van der Waals surface area (Å²) in [5.41, 5.74) is 0. The van der Waals surface area contributed by atoms with Gasteiger partial charge in [0.15, 0.2) is 0 Å². The molecule has 2 fully saturated rings. The number of nitrogens with zero attached hydrogens (tertiary/aromatic N) is 2. The molecule has 2 N–H and O–H groups in total. The fourth-order valence-electron chi connectivity index (χ4n) is 2.06. The highest BCUT2D eigenvalue weighted by molar-refractivity contribution is 5.80. The molecule has 0 spiro atoms. The van der Waals surface area contributed by atoms with Gasteiger partial charge >= 0.3 is 12.0 Å². The Morgan fingerprint density at radius 1 is 1.18 bits per heavy atom.